The summed E-state index contributed by atoms with van der Waals surface area (Å²) in [6.45, 7) is 6.33. The summed E-state index contributed by atoms with van der Waals surface area (Å²) in [6.07, 6.45) is 12.0. The van der Waals surface area contributed by atoms with E-state index in [2.05, 4.69) is 40.5 Å². The molecule has 0 radical (unpaired) electrons. The van der Waals surface area contributed by atoms with E-state index in [0.29, 0.717) is 29.2 Å². The molecule has 1 spiro atoms. The van der Waals surface area contributed by atoms with Crippen LogP contribution in [-0.4, -0.2) is 54.6 Å². The van der Waals surface area contributed by atoms with E-state index in [1.54, 1.807) is 0 Å². The number of carbonyl (C=O) groups excluding carboxylic acids is 1. The van der Waals surface area contributed by atoms with Crippen molar-refractivity contribution in [2.24, 2.45) is 10.8 Å². The van der Waals surface area contributed by atoms with Crippen LogP contribution in [0.15, 0.2) is 30.3 Å². The summed E-state index contributed by atoms with van der Waals surface area (Å²) < 4.78 is 6.47. The van der Waals surface area contributed by atoms with Crippen molar-refractivity contribution in [3.05, 3.63) is 35.9 Å². The fourth-order valence-electron chi connectivity index (χ4n) is 7.67. The van der Waals surface area contributed by atoms with E-state index in [9.17, 15) is 4.79 Å². The number of nitrogens with one attached hydrogen (secondary N) is 1. The number of hydrogen-bond acceptors (Lipinski definition) is 4. The molecule has 6 fully saturated rings. The van der Waals surface area contributed by atoms with Gasteiger partial charge >= 0.3 is 0 Å². The van der Waals surface area contributed by atoms with Crippen LogP contribution in [0.4, 0.5) is 0 Å². The maximum Gasteiger partial charge on any atom is 0.135 e. The van der Waals surface area contributed by atoms with E-state index >= 15 is 0 Å². The summed E-state index contributed by atoms with van der Waals surface area (Å²) in [4.78, 5) is 14.9. The van der Waals surface area contributed by atoms with Gasteiger partial charge in [0.05, 0.1) is 12.2 Å². The molecule has 0 amide bonds. The zero-order valence-corrected chi connectivity index (χ0v) is 19.8. The Hall–Kier alpha value is -1.23. The van der Waals surface area contributed by atoms with Gasteiger partial charge < -0.3 is 15.0 Å². The molecule has 1 N–H and O–H groups in total. The van der Waals surface area contributed by atoms with E-state index in [4.69, 9.17) is 4.74 Å². The number of benzene rings is 1. The summed E-state index contributed by atoms with van der Waals surface area (Å²) in [5, 5.41) is 3.92. The Morgan fingerprint density at radius 1 is 1.03 bits per heavy atom. The maximum absolute atomic E-state index is 12.2. The third-order valence-electron chi connectivity index (χ3n) is 10.2. The Morgan fingerprint density at radius 2 is 1.72 bits per heavy atom. The van der Waals surface area contributed by atoms with Gasteiger partial charge in [-0.15, -0.1) is 0 Å². The van der Waals surface area contributed by atoms with E-state index in [0.717, 1.165) is 25.9 Å². The smallest absolute Gasteiger partial charge is 0.135 e. The van der Waals surface area contributed by atoms with E-state index in [1.165, 1.54) is 70.1 Å². The Bertz CT molecular complexity index is 820. The van der Waals surface area contributed by atoms with Crippen LogP contribution in [0, 0.1) is 10.8 Å². The summed E-state index contributed by atoms with van der Waals surface area (Å²) in [6, 6.07) is 12.1. The number of Topliss-reactive ketones (excluding diaryl/α,β-unsaturated/α-hetero) is 1. The zero-order valence-electron chi connectivity index (χ0n) is 19.8. The molecular formula is C28H40N2O2. The molecule has 4 heteroatoms. The van der Waals surface area contributed by atoms with Crippen molar-refractivity contribution < 1.29 is 9.53 Å². The molecule has 1 aromatic carbocycles. The molecule has 2 saturated heterocycles. The average molecular weight is 437 g/mol. The summed E-state index contributed by atoms with van der Waals surface area (Å²) in [5.74, 6) is 1.15. The molecule has 4 nitrogen and oxygen atoms in total. The number of likely N-dealkylation sites (tertiary alicyclic amines) is 1. The SMILES string of the molecule is CC(=O)C12CCC(CN3CCC4(CC3)CC(N[C@@H]3C[C@H]3c3ccccc3)CO4)(CC1)CC2. The van der Waals surface area contributed by atoms with Crippen LogP contribution in [0.5, 0.6) is 0 Å². The van der Waals surface area contributed by atoms with Crippen molar-refractivity contribution in [3.8, 4) is 0 Å². The number of rotatable bonds is 6. The monoisotopic (exact) mass is 436 g/mol. The van der Waals surface area contributed by atoms with Gasteiger partial charge in [-0.1, -0.05) is 30.3 Å². The second kappa shape index (κ2) is 7.92. The van der Waals surface area contributed by atoms with Crippen LogP contribution in [0.1, 0.15) is 82.6 Å². The summed E-state index contributed by atoms with van der Waals surface area (Å²) >= 11 is 0. The third kappa shape index (κ3) is 3.86. The van der Waals surface area contributed by atoms with E-state index in [-0.39, 0.29) is 11.0 Å². The first-order valence-corrected chi connectivity index (χ1v) is 13.2. The van der Waals surface area contributed by atoms with Crippen molar-refractivity contribution in [1.82, 2.24) is 10.2 Å². The van der Waals surface area contributed by atoms with E-state index < -0.39 is 0 Å². The highest BCUT2D eigenvalue weighted by Crippen LogP contribution is 2.57. The van der Waals surface area contributed by atoms with Crippen molar-refractivity contribution in [2.75, 3.05) is 26.2 Å². The molecule has 4 saturated carbocycles. The summed E-state index contributed by atoms with van der Waals surface area (Å²) in [5.41, 5.74) is 2.14. The van der Waals surface area contributed by atoms with Crippen LogP contribution in [0.25, 0.3) is 0 Å². The van der Waals surface area contributed by atoms with Gasteiger partial charge in [0.15, 0.2) is 0 Å². The van der Waals surface area contributed by atoms with Crippen LogP contribution in [-0.2, 0) is 9.53 Å². The Morgan fingerprint density at radius 3 is 2.38 bits per heavy atom. The van der Waals surface area contributed by atoms with Crippen LogP contribution in [0.2, 0.25) is 0 Å². The molecule has 2 aliphatic heterocycles. The van der Waals surface area contributed by atoms with Crippen molar-refractivity contribution in [1.29, 1.82) is 0 Å². The number of piperidine rings is 1. The van der Waals surface area contributed by atoms with Gasteiger partial charge in [0.2, 0.25) is 0 Å². The Labute approximate surface area is 193 Å². The second-order valence-corrected chi connectivity index (χ2v) is 12.0. The molecule has 32 heavy (non-hydrogen) atoms. The lowest BCUT2D eigenvalue weighted by atomic mass is 9.52. The lowest BCUT2D eigenvalue weighted by molar-refractivity contribution is -0.137. The number of hydrogen-bond donors (Lipinski definition) is 1. The lowest BCUT2D eigenvalue weighted by Crippen LogP contribution is -2.52. The van der Waals surface area contributed by atoms with Gasteiger partial charge in [-0.05, 0) is 82.1 Å². The molecule has 1 aromatic rings. The predicted octanol–water partition coefficient (Wildman–Crippen LogP) is 4.69. The van der Waals surface area contributed by atoms with Crippen LogP contribution >= 0.6 is 0 Å². The van der Waals surface area contributed by atoms with Crippen LogP contribution < -0.4 is 5.32 Å². The fourth-order valence-corrected chi connectivity index (χ4v) is 7.67. The van der Waals surface area contributed by atoms with Crippen molar-refractivity contribution in [3.63, 3.8) is 0 Å². The first kappa shape index (κ1) is 21.3. The first-order chi connectivity index (χ1) is 15.5. The Kier molecular flexibility index (Phi) is 5.28. The number of ether oxygens (including phenoxy) is 1. The Balaban J connectivity index is 0.977. The summed E-state index contributed by atoms with van der Waals surface area (Å²) in [7, 11) is 0. The molecule has 3 atom stereocenters. The molecular weight excluding hydrogens is 396 g/mol. The highest BCUT2D eigenvalue weighted by molar-refractivity contribution is 5.82. The van der Waals surface area contributed by atoms with Crippen molar-refractivity contribution in [2.45, 2.75) is 94.7 Å². The lowest BCUT2D eigenvalue weighted by Gasteiger charge is -2.54. The minimum absolute atomic E-state index is 0.0501. The van der Waals surface area contributed by atoms with Gasteiger partial charge in [0, 0.05) is 43.1 Å². The second-order valence-electron chi connectivity index (χ2n) is 12.0. The molecule has 0 aromatic heterocycles. The normalized spacial score (nSPS) is 40.6. The maximum atomic E-state index is 12.2. The van der Waals surface area contributed by atoms with Crippen LogP contribution in [0.3, 0.4) is 0 Å². The molecule has 2 heterocycles. The van der Waals surface area contributed by atoms with Gasteiger partial charge in [-0.25, -0.2) is 0 Å². The highest BCUT2D eigenvalue weighted by atomic mass is 16.5. The quantitative estimate of drug-likeness (QED) is 0.703. The van der Waals surface area contributed by atoms with Crippen molar-refractivity contribution >= 4 is 5.78 Å². The van der Waals surface area contributed by atoms with Gasteiger partial charge in [-0.2, -0.15) is 0 Å². The standard InChI is InChI=1S/C28H40N2O2/c1-21(31)27-10-7-26(8-11-27,9-12-27)20-30-15-13-28(14-16-30)18-23(19-32-28)29-25-17-24(25)22-5-3-2-4-6-22/h2-6,23-25,29H,7-20H2,1H3/t23?,24-,25+,26?,27?/m0/s1. The van der Waals surface area contributed by atoms with Gasteiger partial charge in [0.1, 0.15) is 5.78 Å². The number of ketones is 1. The minimum Gasteiger partial charge on any atom is -0.373 e. The van der Waals surface area contributed by atoms with E-state index in [1.807, 2.05) is 6.92 Å². The van der Waals surface area contributed by atoms with Gasteiger partial charge in [-0.3, -0.25) is 4.79 Å². The highest BCUT2D eigenvalue weighted by Gasteiger charge is 2.52. The third-order valence-corrected chi connectivity index (χ3v) is 10.2. The number of carbonyl (C=O) groups is 1. The molecule has 6 aliphatic rings. The molecule has 4 aliphatic carbocycles. The average Bonchev–Trinajstić information content (AvgIpc) is 3.49. The fraction of sp³-hybridized carbons (Fsp3) is 0.750. The molecule has 7 rings (SSSR count). The zero-order chi connectivity index (χ0) is 21.8. The largest absolute Gasteiger partial charge is 0.373 e. The topological polar surface area (TPSA) is 41.6 Å². The predicted molar refractivity (Wildman–Crippen MR) is 127 cm³/mol. The van der Waals surface area contributed by atoms with Gasteiger partial charge in [0.25, 0.3) is 0 Å². The molecule has 1 unspecified atom stereocenters. The minimum atomic E-state index is 0.0501. The molecule has 174 valence electrons. The number of fused-ring (bicyclic) bond motifs is 3. The first-order valence-electron chi connectivity index (χ1n) is 13.2. The number of nitrogens with zero attached hydrogens (tertiary/aromatic N) is 1. The molecule has 2 bridgehead atoms.